The molecule has 0 aliphatic carbocycles. The molecule has 2 aliphatic rings. The monoisotopic (exact) mass is 339 g/mol. The number of hydrogen-bond acceptors (Lipinski definition) is 4. The Balaban J connectivity index is 1.47. The first-order chi connectivity index (χ1) is 12.1. The first-order valence-corrected chi connectivity index (χ1v) is 8.94. The Labute approximate surface area is 148 Å². The Morgan fingerprint density at radius 2 is 2.04 bits per heavy atom. The minimum absolute atomic E-state index is 0.139. The van der Waals surface area contributed by atoms with Gasteiger partial charge in [0.05, 0.1) is 12.0 Å². The van der Waals surface area contributed by atoms with Crippen LogP contribution in [0.4, 0.5) is 5.69 Å². The summed E-state index contributed by atoms with van der Waals surface area (Å²) in [4.78, 5) is 19.2. The lowest BCUT2D eigenvalue weighted by Crippen LogP contribution is -2.52. The highest BCUT2D eigenvalue weighted by Gasteiger charge is 2.37. The number of carbonyl (C=O) groups excluding carboxylic acids is 1. The van der Waals surface area contributed by atoms with E-state index in [0.29, 0.717) is 13.0 Å². The van der Waals surface area contributed by atoms with Crippen molar-refractivity contribution < 1.29 is 4.79 Å². The zero-order chi connectivity index (χ0) is 17.3. The second-order valence-corrected chi connectivity index (χ2v) is 7.32. The molecule has 2 aromatic rings. The molecule has 1 aromatic carbocycles. The largest absolute Gasteiger partial charge is 0.379 e. The van der Waals surface area contributed by atoms with Crippen molar-refractivity contribution in [2.75, 3.05) is 18.4 Å². The molecule has 2 aliphatic heterocycles. The number of aryl methyl sites for hydroxylation is 1. The van der Waals surface area contributed by atoms with E-state index >= 15 is 0 Å². The van der Waals surface area contributed by atoms with Gasteiger partial charge in [-0.25, -0.2) is 4.98 Å². The molecule has 2 N–H and O–H groups in total. The molecule has 132 valence electrons. The highest BCUT2D eigenvalue weighted by atomic mass is 16.1. The van der Waals surface area contributed by atoms with Crippen LogP contribution >= 0.6 is 0 Å². The van der Waals surface area contributed by atoms with Crippen molar-refractivity contribution in [3.63, 3.8) is 0 Å². The highest BCUT2D eigenvalue weighted by Crippen LogP contribution is 2.33. The van der Waals surface area contributed by atoms with Crippen LogP contribution in [0.1, 0.15) is 30.5 Å². The lowest BCUT2D eigenvalue weighted by Gasteiger charge is -2.43. The summed E-state index contributed by atoms with van der Waals surface area (Å²) in [6.45, 7) is 3.42. The normalized spacial score (nSPS) is 20.3. The quantitative estimate of drug-likeness (QED) is 0.877. The van der Waals surface area contributed by atoms with Crippen molar-refractivity contribution in [1.82, 2.24) is 19.8 Å². The lowest BCUT2D eigenvalue weighted by atomic mass is 9.82. The summed E-state index contributed by atoms with van der Waals surface area (Å²) >= 11 is 0. The van der Waals surface area contributed by atoms with Gasteiger partial charge in [0.15, 0.2) is 0 Å². The maximum Gasteiger partial charge on any atom is 0.222 e. The molecule has 3 heterocycles. The lowest BCUT2D eigenvalue weighted by molar-refractivity contribution is -0.122. The minimum Gasteiger partial charge on any atom is -0.379 e. The van der Waals surface area contributed by atoms with E-state index in [-0.39, 0.29) is 11.4 Å². The number of imidazole rings is 1. The number of piperidine rings is 1. The van der Waals surface area contributed by atoms with Crippen molar-refractivity contribution in [3.05, 3.63) is 48.0 Å². The van der Waals surface area contributed by atoms with Crippen LogP contribution in [0, 0.1) is 0 Å². The Hall–Kier alpha value is -2.34. The fourth-order valence-electron chi connectivity index (χ4n) is 3.91. The van der Waals surface area contributed by atoms with Crippen molar-refractivity contribution in [2.24, 2.45) is 7.05 Å². The topological polar surface area (TPSA) is 62.2 Å². The van der Waals surface area contributed by atoms with Gasteiger partial charge in [0.25, 0.3) is 0 Å². The van der Waals surface area contributed by atoms with Crippen LogP contribution in [0.5, 0.6) is 0 Å². The second kappa shape index (κ2) is 6.52. The number of amides is 1. The molecule has 6 nitrogen and oxygen atoms in total. The van der Waals surface area contributed by atoms with E-state index in [1.54, 1.807) is 0 Å². The molecule has 4 rings (SSSR count). The number of aromatic nitrogens is 2. The molecule has 6 heteroatoms. The van der Waals surface area contributed by atoms with Crippen LogP contribution in [0.15, 0.2) is 36.8 Å². The van der Waals surface area contributed by atoms with Crippen LogP contribution in [-0.4, -0.2) is 39.0 Å². The summed E-state index contributed by atoms with van der Waals surface area (Å²) in [5, 5.41) is 6.79. The summed E-state index contributed by atoms with van der Waals surface area (Å²) in [6.07, 6.45) is 6.38. The van der Waals surface area contributed by atoms with Gasteiger partial charge in [-0.3, -0.25) is 9.69 Å². The van der Waals surface area contributed by atoms with E-state index in [4.69, 9.17) is 0 Å². The van der Waals surface area contributed by atoms with Gasteiger partial charge in [0.1, 0.15) is 0 Å². The van der Waals surface area contributed by atoms with Crippen LogP contribution < -0.4 is 10.6 Å². The Morgan fingerprint density at radius 3 is 2.80 bits per heavy atom. The first-order valence-electron chi connectivity index (χ1n) is 8.94. The summed E-state index contributed by atoms with van der Waals surface area (Å²) in [5.74, 6) is 0.139. The maximum absolute atomic E-state index is 12.3. The number of benzene rings is 1. The van der Waals surface area contributed by atoms with Crippen molar-refractivity contribution in [3.8, 4) is 0 Å². The molecule has 25 heavy (non-hydrogen) atoms. The number of anilines is 1. The van der Waals surface area contributed by atoms with Gasteiger partial charge >= 0.3 is 0 Å². The smallest absolute Gasteiger partial charge is 0.222 e. The average molecular weight is 339 g/mol. The summed E-state index contributed by atoms with van der Waals surface area (Å²) in [7, 11) is 2.00. The van der Waals surface area contributed by atoms with Crippen molar-refractivity contribution >= 4 is 11.6 Å². The van der Waals surface area contributed by atoms with Gasteiger partial charge in [-0.05, 0) is 24.5 Å². The molecule has 0 saturated carbocycles. The zero-order valence-electron chi connectivity index (χ0n) is 14.7. The third kappa shape index (κ3) is 3.54. The Bertz CT molecular complexity index is 761. The van der Waals surface area contributed by atoms with Gasteiger partial charge in [0, 0.05) is 57.1 Å². The number of fused-ring (bicyclic) bond motifs is 1. The van der Waals surface area contributed by atoms with Crippen LogP contribution in [-0.2, 0) is 24.9 Å². The highest BCUT2D eigenvalue weighted by molar-refractivity contribution is 5.79. The Kier molecular flexibility index (Phi) is 4.21. The third-order valence-electron chi connectivity index (χ3n) is 5.35. The minimum atomic E-state index is -0.152. The number of rotatable bonds is 2. The summed E-state index contributed by atoms with van der Waals surface area (Å²) in [6, 6.07) is 8.28. The molecular formula is C19H25N5O. The molecule has 1 saturated heterocycles. The van der Waals surface area contributed by atoms with Gasteiger partial charge in [-0.1, -0.05) is 18.2 Å². The molecule has 1 amide bonds. The first kappa shape index (κ1) is 16.1. The molecule has 0 atom stereocenters. The van der Waals surface area contributed by atoms with Crippen molar-refractivity contribution in [1.29, 1.82) is 0 Å². The maximum atomic E-state index is 12.3. The predicted octanol–water partition coefficient (Wildman–Crippen LogP) is 1.89. The van der Waals surface area contributed by atoms with Crippen molar-refractivity contribution in [2.45, 2.75) is 37.9 Å². The number of hydrogen-bond donors (Lipinski definition) is 2. The summed E-state index contributed by atoms with van der Waals surface area (Å²) < 4.78 is 1.98. The second-order valence-electron chi connectivity index (χ2n) is 7.32. The van der Waals surface area contributed by atoms with E-state index in [2.05, 4.69) is 44.9 Å². The number of nitrogens with zero attached hydrogens (tertiary/aromatic N) is 3. The SMILES string of the molecule is Cn1cnc(CN2CCC3(CC2)CC(=O)NCc2ccccc2N3)c1. The standard InChI is InChI=1S/C19H25N5O/c1-23-12-16(21-14-23)13-24-8-6-19(7-9-24)10-18(25)20-11-15-4-2-3-5-17(15)22-19/h2-5,12,14,22H,6-11,13H2,1H3,(H,20,25). The van der Waals surface area contributed by atoms with Crippen LogP contribution in [0.2, 0.25) is 0 Å². The van der Waals surface area contributed by atoms with E-state index in [1.807, 2.05) is 24.0 Å². The van der Waals surface area contributed by atoms with E-state index < -0.39 is 0 Å². The Morgan fingerprint density at radius 1 is 1.24 bits per heavy atom. The van der Waals surface area contributed by atoms with Crippen LogP contribution in [0.25, 0.3) is 0 Å². The molecule has 0 radical (unpaired) electrons. The molecular weight excluding hydrogens is 314 g/mol. The predicted molar refractivity (Wildman–Crippen MR) is 97.0 cm³/mol. The molecule has 1 fully saturated rings. The van der Waals surface area contributed by atoms with Gasteiger partial charge in [-0.15, -0.1) is 0 Å². The number of nitrogens with one attached hydrogen (secondary N) is 2. The van der Waals surface area contributed by atoms with E-state index in [9.17, 15) is 4.79 Å². The van der Waals surface area contributed by atoms with Crippen LogP contribution in [0.3, 0.4) is 0 Å². The average Bonchev–Trinajstić information content (AvgIpc) is 3.00. The molecule has 0 bridgehead atoms. The van der Waals surface area contributed by atoms with Gasteiger partial charge in [0.2, 0.25) is 5.91 Å². The molecule has 0 unspecified atom stereocenters. The zero-order valence-corrected chi connectivity index (χ0v) is 14.7. The van der Waals surface area contributed by atoms with Gasteiger partial charge in [-0.2, -0.15) is 0 Å². The summed E-state index contributed by atoms with van der Waals surface area (Å²) in [5.41, 5.74) is 3.26. The fraction of sp³-hybridized carbons (Fsp3) is 0.474. The molecule has 1 aromatic heterocycles. The molecule has 1 spiro atoms. The third-order valence-corrected chi connectivity index (χ3v) is 5.35. The number of para-hydroxylation sites is 1. The van der Waals surface area contributed by atoms with Gasteiger partial charge < -0.3 is 15.2 Å². The van der Waals surface area contributed by atoms with E-state index in [0.717, 1.165) is 49.4 Å². The number of carbonyl (C=O) groups is 1. The number of likely N-dealkylation sites (tertiary alicyclic amines) is 1. The fourth-order valence-corrected chi connectivity index (χ4v) is 3.91. The van der Waals surface area contributed by atoms with E-state index in [1.165, 1.54) is 0 Å².